The first-order valence-electron chi connectivity index (χ1n) is 8.78. The van der Waals surface area contributed by atoms with Gasteiger partial charge in [-0.15, -0.1) is 0 Å². The fourth-order valence-electron chi connectivity index (χ4n) is 1.41. The standard InChI is InChI=1S/Mn.12Mo.H3O4P.3H2O.33O/c;;;;;;;;;;;;;1-5(2,3)4;;;;;;;;;;;;;;;;;;;;;;;;;;;;;;;;;;;;/h;;;;;;;;;;;;;(H3,1,2,3,4);3*1H2;;;;;;;;;;;;;;;;;;;;;;;;;;;;;;;;;/q+2;;;;;;;6*+1;;;;;;;;;;;;;;;;;;;;;;;;;;;;;;;;;;;;;/p-6. The van der Waals surface area contributed by atoms with Crippen LogP contribution < -0.4 is 0 Å². The summed E-state index contributed by atoms with van der Waals surface area (Å²) < 4.78 is 347. The predicted octanol–water partition coefficient (Wildman–Crippen LogP) is -4.63. The number of phosphoric acid groups is 1. The van der Waals surface area contributed by atoms with Crippen LogP contribution in [0.2, 0.25) is 0 Å². The third-order valence-corrected chi connectivity index (χ3v) is 62.5. The van der Waals surface area contributed by atoms with E-state index in [0.717, 1.165) is 0 Å². The van der Waals surface area contributed by atoms with Crippen LogP contribution >= 0.6 is 7.82 Å². The molecule has 0 unspecified atom stereocenters. The molecule has 0 aromatic carbocycles. The Bertz CT molecular complexity index is 2510. The van der Waals surface area contributed by atoms with Crippen molar-refractivity contribution in [3.63, 3.8) is 0 Å². The van der Waals surface area contributed by atoms with Crippen LogP contribution in [0.15, 0.2) is 0 Å². The minimum Gasteiger partial charge on any atom is 2.00 e. The zero-order valence-corrected chi connectivity index (χ0v) is 48.3. The molecule has 0 saturated heterocycles. The van der Waals surface area contributed by atoms with Crippen molar-refractivity contribution in [3.8, 4) is 0 Å². The Morgan fingerprint density at radius 1 is 0.259 bits per heavy atom. The van der Waals surface area contributed by atoms with Crippen molar-refractivity contribution in [3.05, 3.63) is 0 Å². The molecule has 0 aliphatic carbocycles. The van der Waals surface area contributed by atoms with Gasteiger partial charge in [0.25, 0.3) is 0 Å². The second-order valence-electron chi connectivity index (χ2n) is 6.24. The van der Waals surface area contributed by atoms with Gasteiger partial charge in [-0.2, -0.15) is 0 Å². The summed E-state index contributed by atoms with van der Waals surface area (Å²) in [5.41, 5.74) is 0. The van der Waals surface area contributed by atoms with E-state index in [1.807, 2.05) is 0 Å². The van der Waals surface area contributed by atoms with Crippen molar-refractivity contribution in [2.75, 3.05) is 0 Å². The summed E-state index contributed by atoms with van der Waals surface area (Å²) in [6.45, 7) is 0. The van der Waals surface area contributed by atoms with Gasteiger partial charge in [0.1, 0.15) is 0 Å². The summed E-state index contributed by atoms with van der Waals surface area (Å²) in [6.07, 6.45) is 0. The van der Waals surface area contributed by atoms with Gasteiger partial charge in [-0.1, -0.05) is 0 Å². The first-order chi connectivity index (χ1) is 22.5. The first kappa shape index (κ1) is 59.7. The van der Waals surface area contributed by atoms with E-state index in [9.17, 15) is 86.1 Å². The van der Waals surface area contributed by atoms with Crippen LogP contribution in [0.1, 0.15) is 0 Å². The Morgan fingerprint density at radius 2 is 0.389 bits per heavy atom. The van der Waals surface area contributed by atoms with Gasteiger partial charge in [-0.3, -0.25) is 0 Å². The van der Waals surface area contributed by atoms with Crippen molar-refractivity contribution >= 4 is 7.82 Å². The monoisotopic (exact) mass is 1900 g/mol. The van der Waals surface area contributed by atoms with E-state index in [2.05, 4.69) is 27.9 Å². The maximum Gasteiger partial charge on any atom is 2.00 e. The molecule has 40 nitrogen and oxygen atoms in total. The van der Waals surface area contributed by atoms with Crippen molar-refractivity contribution in [2.24, 2.45) is 0 Å². The van der Waals surface area contributed by atoms with Gasteiger partial charge in [0.05, 0.1) is 0 Å². The third-order valence-electron chi connectivity index (χ3n) is 2.06. The summed E-state index contributed by atoms with van der Waals surface area (Å²) in [7, 11) is -7.91. The van der Waals surface area contributed by atoms with E-state index in [1.165, 1.54) is 0 Å². The molecule has 0 rings (SSSR count). The Balaban J connectivity index is 0. The van der Waals surface area contributed by atoms with Crippen molar-refractivity contribution in [2.45, 2.75) is 0 Å². The summed E-state index contributed by atoms with van der Waals surface area (Å²) in [4.78, 5) is 0. The van der Waals surface area contributed by atoms with Gasteiger partial charge >= 0.3 is 351 Å². The Morgan fingerprint density at radius 3 is 0.537 bits per heavy atom. The molecule has 325 valence electrons. The van der Waals surface area contributed by atoms with Gasteiger partial charge in [0.15, 0.2) is 0 Å². The van der Waals surface area contributed by atoms with E-state index < -0.39 is 209 Å². The molecule has 0 amide bonds. The van der Waals surface area contributed by atoms with Crippen LogP contribution in [-0.4, -0.2) is 11.3 Å². The summed E-state index contributed by atoms with van der Waals surface area (Å²) in [6, 6.07) is 0. The van der Waals surface area contributed by atoms with Crippen molar-refractivity contribution < 1.29 is 343 Å². The molecular formula is H3MnMo12O40P+2. The molecule has 0 aliphatic rings. The zero-order chi connectivity index (χ0) is 43.0. The number of rotatable bonds is 24. The minimum absolute atomic E-state index is 0. The molecule has 0 fully saturated rings. The molecule has 3 N–H and O–H groups in total. The molecule has 0 aromatic heterocycles. The quantitative estimate of drug-likeness (QED) is 0.0604. The molecule has 0 aliphatic heterocycles. The van der Waals surface area contributed by atoms with E-state index in [4.69, 9.17) is 11.3 Å². The number of hydrogen-bond donors (Lipinski definition) is 3. The van der Waals surface area contributed by atoms with Crippen LogP contribution in [-0.2, 0) is 332 Å². The molecule has 0 heterocycles. The summed E-state index contributed by atoms with van der Waals surface area (Å²) >= 11 is -97.4. The molecule has 1 radical (unpaired) electrons. The molecule has 54 heavy (non-hydrogen) atoms. The van der Waals surface area contributed by atoms with E-state index in [-0.39, 0.29) is 17.1 Å². The fourth-order valence-corrected chi connectivity index (χ4v) is 60.4. The van der Waals surface area contributed by atoms with E-state index in [0.29, 0.717) is 0 Å². The van der Waals surface area contributed by atoms with Gasteiger partial charge in [-0.25, -0.2) is 0 Å². The second-order valence-corrected chi connectivity index (χ2v) is 56.1. The van der Waals surface area contributed by atoms with Crippen LogP contribution in [0.5, 0.6) is 0 Å². The van der Waals surface area contributed by atoms with E-state index in [1.54, 1.807) is 0 Å². The molecule has 0 bridgehead atoms. The van der Waals surface area contributed by atoms with Gasteiger partial charge in [0.2, 0.25) is 0 Å². The third kappa shape index (κ3) is 29.0. The average molecular weight is 1880 g/mol. The molecular weight excluding hydrogens is 1880 g/mol. The van der Waals surface area contributed by atoms with Crippen LogP contribution in [0.4, 0.5) is 0 Å². The fraction of sp³-hybridized carbons (Fsp3) is 0. The molecule has 0 aromatic rings. The molecule has 0 saturated carbocycles. The summed E-state index contributed by atoms with van der Waals surface area (Å²) in [5.74, 6) is 0. The minimum atomic E-state index is -8.79. The molecule has 0 atom stereocenters. The van der Waals surface area contributed by atoms with Crippen LogP contribution in [0, 0.1) is 0 Å². The van der Waals surface area contributed by atoms with Gasteiger partial charge in [-0.05, 0) is 0 Å². The maximum atomic E-state index is 12.8. The average Bonchev–Trinajstić information content (AvgIpc) is 2.58. The molecule has 54 heteroatoms. The SMILES string of the molecule is O=P([O][Mo](=[O])(=[O])[O][Mo](=[O])(=[O])[O][Mo](=[O])(=[O])[O][Mo](=[O])(=[O])[OH])([O][Mo](=[O])(=[O])[O][Mo](=[O])(=[O])[O][Mo](=[O])(=[O])[O][Mo](=[O])(=[O])[OH])[O][Mo](=[O])(=[O])[O][Mo](=[O])(=[O])[O][Mo](=[O])(=[O])[O][Mo](=[O])(=[O])[OH].[Mn+2]. The largest absolute Gasteiger partial charge is 2.00 e. The first-order valence-corrected chi connectivity index (χ1v) is 49.8. The smallest absolute Gasteiger partial charge is 2.00 e. The van der Waals surface area contributed by atoms with Crippen molar-refractivity contribution in [1.82, 2.24) is 0 Å². The summed E-state index contributed by atoms with van der Waals surface area (Å²) in [5, 5.41) is 0. The Labute approximate surface area is 344 Å². The second kappa shape index (κ2) is 20.0. The zero-order valence-electron chi connectivity index (χ0n) is 22.2. The van der Waals surface area contributed by atoms with Gasteiger partial charge < -0.3 is 0 Å². The van der Waals surface area contributed by atoms with Crippen LogP contribution in [0.3, 0.4) is 0 Å². The number of hydrogen-bond acceptors (Lipinski definition) is 37. The Kier molecular flexibility index (Phi) is 22.1. The van der Waals surface area contributed by atoms with Gasteiger partial charge in [0, 0.05) is 0 Å². The van der Waals surface area contributed by atoms with Crippen molar-refractivity contribution in [1.29, 1.82) is 0 Å². The van der Waals surface area contributed by atoms with E-state index >= 15 is 0 Å². The van der Waals surface area contributed by atoms with Crippen LogP contribution in [0.25, 0.3) is 0 Å². The maximum absolute atomic E-state index is 12.8. The topological polar surface area (TPSA) is 598 Å². The Hall–Kier alpha value is 3.61. The predicted molar refractivity (Wildman–Crippen MR) is 43.8 cm³/mol. The normalized spacial score (nSPS) is 15.3. The molecule has 0 spiro atoms.